The quantitative estimate of drug-likeness (QED) is 0.130. The van der Waals surface area contributed by atoms with Crippen LogP contribution < -0.4 is 25.4 Å². The number of fused-ring (bicyclic) bond motifs is 1. The molecular formula is C40H41N9O4. The van der Waals surface area contributed by atoms with E-state index >= 15 is 0 Å². The maximum absolute atomic E-state index is 13.5. The van der Waals surface area contributed by atoms with Gasteiger partial charge < -0.3 is 25.0 Å². The molecule has 13 nitrogen and oxygen atoms in total. The third kappa shape index (κ3) is 8.04. The summed E-state index contributed by atoms with van der Waals surface area (Å²) in [5.74, 6) is 2.81. The fourth-order valence-corrected chi connectivity index (χ4v) is 6.06. The molecule has 0 spiro atoms. The Balaban J connectivity index is 1.03. The van der Waals surface area contributed by atoms with Gasteiger partial charge in [0, 0.05) is 47.6 Å². The number of nitrogens with zero attached hydrogens (tertiary/aromatic N) is 6. The average molecular weight is 712 g/mol. The number of ether oxygens (including phenoxy) is 2. The van der Waals surface area contributed by atoms with E-state index in [0.717, 1.165) is 53.6 Å². The number of hydrogen-bond donors (Lipinski definition) is 3. The predicted octanol–water partition coefficient (Wildman–Crippen LogP) is 7.72. The van der Waals surface area contributed by atoms with Crippen LogP contribution in [0.25, 0.3) is 16.5 Å². The van der Waals surface area contributed by atoms with Crippen molar-refractivity contribution in [3.8, 4) is 17.2 Å². The van der Waals surface area contributed by atoms with Crippen LogP contribution in [0, 0.1) is 0 Å². The first kappa shape index (κ1) is 34.9. The summed E-state index contributed by atoms with van der Waals surface area (Å²) in [6.45, 7) is 8.01. The molecule has 6 aromatic rings. The minimum Gasteiger partial charge on any atom is -0.497 e. The molecule has 0 radical (unpaired) electrons. The molecule has 1 saturated heterocycles. The van der Waals surface area contributed by atoms with Crippen molar-refractivity contribution >= 4 is 45.9 Å². The predicted molar refractivity (Wildman–Crippen MR) is 204 cm³/mol. The van der Waals surface area contributed by atoms with Gasteiger partial charge in [-0.05, 0) is 54.8 Å². The van der Waals surface area contributed by atoms with Crippen molar-refractivity contribution in [2.45, 2.75) is 45.6 Å². The van der Waals surface area contributed by atoms with E-state index in [4.69, 9.17) is 14.6 Å². The van der Waals surface area contributed by atoms with Crippen molar-refractivity contribution in [1.82, 2.24) is 29.6 Å². The Morgan fingerprint density at radius 3 is 2.40 bits per heavy atom. The third-order valence-electron chi connectivity index (χ3n) is 8.89. The van der Waals surface area contributed by atoms with Crippen molar-refractivity contribution in [3.63, 3.8) is 0 Å². The van der Waals surface area contributed by atoms with Crippen LogP contribution in [-0.4, -0.2) is 61.8 Å². The van der Waals surface area contributed by atoms with E-state index in [0.29, 0.717) is 40.3 Å². The molecule has 270 valence electrons. The van der Waals surface area contributed by atoms with E-state index in [9.17, 15) is 9.59 Å². The summed E-state index contributed by atoms with van der Waals surface area (Å²) >= 11 is 0. The van der Waals surface area contributed by atoms with Gasteiger partial charge in [0.1, 0.15) is 41.3 Å². The zero-order chi connectivity index (χ0) is 37.0. The summed E-state index contributed by atoms with van der Waals surface area (Å²) in [4.78, 5) is 41.0. The highest BCUT2D eigenvalue weighted by Crippen LogP contribution is 2.33. The van der Waals surface area contributed by atoms with Gasteiger partial charge in [-0.3, -0.25) is 10.1 Å². The number of carbonyl (C=O) groups excluding carboxylic acids is 2. The second-order valence-electron chi connectivity index (χ2n) is 13.8. The van der Waals surface area contributed by atoms with Crippen molar-refractivity contribution in [1.29, 1.82) is 0 Å². The Hall–Kier alpha value is -6.50. The highest BCUT2D eigenvalue weighted by Gasteiger charge is 2.23. The normalized spacial score (nSPS) is 12.8. The van der Waals surface area contributed by atoms with E-state index < -0.39 is 6.03 Å². The number of nitrogens with one attached hydrogen (secondary N) is 3. The molecule has 1 fully saturated rings. The van der Waals surface area contributed by atoms with Crippen LogP contribution in [0.2, 0.25) is 0 Å². The fraction of sp³-hybridized carbons (Fsp3) is 0.250. The highest BCUT2D eigenvalue weighted by atomic mass is 16.5. The standard InChI is InChI=1S/C40H41N9O4/c1-40(2,3)34-22-37(49(47-34)27-10-9-11-28(21-27)52-4)46-39(51)44-31-14-15-33(30-13-6-5-12-29(30)31)53-25-26-16-17-41-35(20-26)45-36-24-42-32(23-43-36)38(50)48-18-7-8-19-48/h5-6,9-17,20-24H,7-8,18-19,25H2,1-4H3,(H,41,43,45)(H2,44,46,51). The maximum atomic E-state index is 13.5. The lowest BCUT2D eigenvalue weighted by molar-refractivity contribution is 0.0786. The second-order valence-corrected chi connectivity index (χ2v) is 13.8. The number of amides is 3. The van der Waals surface area contributed by atoms with Gasteiger partial charge in [-0.1, -0.05) is 51.1 Å². The molecule has 1 aliphatic heterocycles. The molecule has 0 bridgehead atoms. The van der Waals surface area contributed by atoms with E-state index in [1.165, 1.54) is 12.4 Å². The number of aromatic nitrogens is 5. The van der Waals surface area contributed by atoms with Gasteiger partial charge in [-0.2, -0.15) is 5.10 Å². The number of methoxy groups -OCH3 is 1. The van der Waals surface area contributed by atoms with Crippen molar-refractivity contribution < 1.29 is 19.1 Å². The monoisotopic (exact) mass is 711 g/mol. The molecule has 0 saturated carbocycles. The van der Waals surface area contributed by atoms with E-state index in [-0.39, 0.29) is 17.9 Å². The summed E-state index contributed by atoms with van der Waals surface area (Å²) in [6.07, 6.45) is 6.75. The molecule has 0 aliphatic carbocycles. The van der Waals surface area contributed by atoms with E-state index in [1.54, 1.807) is 22.9 Å². The number of likely N-dealkylation sites (tertiary alicyclic amines) is 1. The minimum atomic E-state index is -0.414. The number of pyridine rings is 1. The topological polar surface area (TPSA) is 148 Å². The maximum Gasteiger partial charge on any atom is 0.324 e. The van der Waals surface area contributed by atoms with Crippen LogP contribution >= 0.6 is 0 Å². The molecule has 0 atom stereocenters. The highest BCUT2D eigenvalue weighted by molar-refractivity contribution is 6.07. The second kappa shape index (κ2) is 15.0. The molecule has 4 heterocycles. The van der Waals surface area contributed by atoms with Gasteiger partial charge in [0.2, 0.25) is 0 Å². The Morgan fingerprint density at radius 2 is 1.64 bits per heavy atom. The number of rotatable bonds is 10. The molecule has 3 amide bonds. The summed E-state index contributed by atoms with van der Waals surface area (Å²) in [6, 6.07) is 24.1. The number of anilines is 4. The summed E-state index contributed by atoms with van der Waals surface area (Å²) < 4.78 is 13.4. The van der Waals surface area contributed by atoms with Crippen LogP contribution in [0.4, 0.5) is 27.9 Å². The molecular weight excluding hydrogens is 670 g/mol. The third-order valence-corrected chi connectivity index (χ3v) is 8.89. The smallest absolute Gasteiger partial charge is 0.324 e. The number of benzene rings is 3. The summed E-state index contributed by atoms with van der Waals surface area (Å²) in [7, 11) is 1.61. The average Bonchev–Trinajstić information content (AvgIpc) is 3.86. The molecule has 3 N–H and O–H groups in total. The molecule has 7 rings (SSSR count). The molecule has 3 aromatic carbocycles. The molecule has 3 aromatic heterocycles. The van der Waals surface area contributed by atoms with Gasteiger partial charge in [0.05, 0.1) is 36.6 Å². The largest absolute Gasteiger partial charge is 0.497 e. The Bertz CT molecular complexity index is 2260. The van der Waals surface area contributed by atoms with Crippen LogP contribution in [0.1, 0.15) is 55.4 Å². The van der Waals surface area contributed by atoms with Gasteiger partial charge in [-0.15, -0.1) is 0 Å². The molecule has 13 heteroatoms. The van der Waals surface area contributed by atoms with Crippen molar-refractivity contribution in [2.24, 2.45) is 0 Å². The SMILES string of the molecule is COc1cccc(-n2nc(C(C)(C)C)cc2NC(=O)Nc2ccc(OCc3ccnc(Nc4cnc(C(=O)N5CCCC5)cn4)c3)c3ccccc23)c1. The summed E-state index contributed by atoms with van der Waals surface area (Å²) in [5.41, 5.74) is 3.17. The van der Waals surface area contributed by atoms with Crippen LogP contribution in [-0.2, 0) is 12.0 Å². The van der Waals surface area contributed by atoms with Gasteiger partial charge in [-0.25, -0.2) is 24.4 Å². The van der Waals surface area contributed by atoms with Gasteiger partial charge in [0.15, 0.2) is 0 Å². The molecule has 1 aliphatic rings. The minimum absolute atomic E-state index is 0.0956. The van der Waals surface area contributed by atoms with Crippen LogP contribution in [0.5, 0.6) is 11.5 Å². The summed E-state index contributed by atoms with van der Waals surface area (Å²) in [5, 5.41) is 15.6. The lowest BCUT2D eigenvalue weighted by Gasteiger charge is -2.15. The Labute approximate surface area is 307 Å². The number of carbonyl (C=O) groups is 2. The number of hydrogen-bond acceptors (Lipinski definition) is 9. The van der Waals surface area contributed by atoms with E-state index in [1.807, 2.05) is 78.9 Å². The first-order valence-electron chi connectivity index (χ1n) is 17.5. The molecule has 0 unspecified atom stereocenters. The zero-order valence-electron chi connectivity index (χ0n) is 30.1. The van der Waals surface area contributed by atoms with Crippen molar-refractivity contribution in [2.75, 3.05) is 36.1 Å². The Morgan fingerprint density at radius 1 is 0.830 bits per heavy atom. The van der Waals surface area contributed by atoms with Crippen molar-refractivity contribution in [3.05, 3.63) is 114 Å². The van der Waals surface area contributed by atoms with Crippen LogP contribution in [0.15, 0.2) is 97.5 Å². The van der Waals surface area contributed by atoms with Crippen LogP contribution in [0.3, 0.4) is 0 Å². The van der Waals surface area contributed by atoms with Gasteiger partial charge >= 0.3 is 6.03 Å². The lowest BCUT2D eigenvalue weighted by Crippen LogP contribution is -2.28. The molecule has 53 heavy (non-hydrogen) atoms. The van der Waals surface area contributed by atoms with Gasteiger partial charge in [0.25, 0.3) is 5.91 Å². The fourth-order valence-electron chi connectivity index (χ4n) is 6.06. The first-order valence-corrected chi connectivity index (χ1v) is 17.5. The lowest BCUT2D eigenvalue weighted by atomic mass is 9.92. The zero-order valence-corrected chi connectivity index (χ0v) is 30.1. The first-order chi connectivity index (χ1) is 25.6. The van der Waals surface area contributed by atoms with E-state index in [2.05, 4.69) is 51.7 Å². The Kier molecular flexibility index (Phi) is 9.89. The number of urea groups is 1.